The summed E-state index contributed by atoms with van der Waals surface area (Å²) in [7, 11) is 0. The van der Waals surface area contributed by atoms with Crippen molar-refractivity contribution < 1.29 is 14.3 Å². The summed E-state index contributed by atoms with van der Waals surface area (Å²) in [6.45, 7) is 5.44. The van der Waals surface area contributed by atoms with E-state index >= 15 is 0 Å². The Bertz CT molecular complexity index is 1040. The van der Waals surface area contributed by atoms with E-state index in [0.29, 0.717) is 17.4 Å². The molecule has 1 saturated carbocycles. The molecule has 0 unspecified atom stereocenters. The van der Waals surface area contributed by atoms with Crippen molar-refractivity contribution in [2.45, 2.75) is 51.7 Å². The van der Waals surface area contributed by atoms with Crippen molar-refractivity contribution in [2.24, 2.45) is 0 Å². The highest BCUT2D eigenvalue weighted by atomic mass is 35.5. The van der Waals surface area contributed by atoms with E-state index in [0.717, 1.165) is 0 Å². The highest BCUT2D eigenvalue weighted by Crippen LogP contribution is 2.39. The van der Waals surface area contributed by atoms with Gasteiger partial charge in [-0.1, -0.05) is 11.6 Å². The van der Waals surface area contributed by atoms with Crippen LogP contribution in [0.5, 0.6) is 5.88 Å². The van der Waals surface area contributed by atoms with Gasteiger partial charge in [0.05, 0.1) is 5.69 Å². The van der Waals surface area contributed by atoms with Crippen molar-refractivity contribution in [3.8, 4) is 5.88 Å². The Morgan fingerprint density at radius 2 is 2.04 bits per heavy atom. The third kappa shape index (κ3) is 4.39. The summed E-state index contributed by atoms with van der Waals surface area (Å²) in [5, 5.41) is 0.0941. The fourth-order valence-electron chi connectivity index (χ4n) is 2.68. The van der Waals surface area contributed by atoms with Crippen LogP contribution in [0.1, 0.15) is 61.4 Å². The average molecular weight is 402 g/mol. The molecular weight excluding hydrogens is 382 g/mol. The quantitative estimate of drug-likeness (QED) is 0.476. The molecule has 0 spiro atoms. The third-order valence-electron chi connectivity index (χ3n) is 4.05. The van der Waals surface area contributed by atoms with Crippen LogP contribution in [-0.4, -0.2) is 35.9 Å². The Morgan fingerprint density at radius 1 is 1.25 bits per heavy atom. The Kier molecular flexibility index (Phi) is 4.66. The Hall–Kier alpha value is -2.74. The first-order chi connectivity index (χ1) is 13.3. The Morgan fingerprint density at radius 3 is 2.75 bits per heavy atom. The molecule has 0 saturated heterocycles. The standard InChI is InChI=1S/C19H20ClN5O3/c1-19(2,3)28-17(26)16-23-14(20)6-15(24-16)27-10-13-9-25-8-12(11-4-5-11)7-21-18(25)22-13/h6-9,11H,4-5,10H2,1-3H3. The highest BCUT2D eigenvalue weighted by molar-refractivity contribution is 6.29. The first-order valence-electron chi connectivity index (χ1n) is 9.01. The topological polar surface area (TPSA) is 91.5 Å². The zero-order chi connectivity index (χ0) is 19.9. The van der Waals surface area contributed by atoms with Crippen molar-refractivity contribution in [2.75, 3.05) is 0 Å². The lowest BCUT2D eigenvalue weighted by Crippen LogP contribution is -2.25. The van der Waals surface area contributed by atoms with Gasteiger partial charge in [-0.3, -0.25) is 4.40 Å². The molecular formula is C19H20ClN5O3. The van der Waals surface area contributed by atoms with Gasteiger partial charge in [-0.15, -0.1) is 0 Å². The minimum atomic E-state index is -0.663. The number of aromatic nitrogens is 5. The van der Waals surface area contributed by atoms with Gasteiger partial charge >= 0.3 is 5.97 Å². The maximum Gasteiger partial charge on any atom is 0.377 e. The number of ether oxygens (including phenoxy) is 2. The molecule has 3 aromatic rings. The number of imidazole rings is 1. The number of rotatable bonds is 5. The number of esters is 1. The van der Waals surface area contributed by atoms with Gasteiger partial charge in [0.15, 0.2) is 0 Å². The van der Waals surface area contributed by atoms with Gasteiger partial charge < -0.3 is 9.47 Å². The number of nitrogens with zero attached hydrogens (tertiary/aromatic N) is 5. The molecule has 0 amide bonds. The Balaban J connectivity index is 1.48. The van der Waals surface area contributed by atoms with E-state index in [1.165, 1.54) is 24.5 Å². The molecule has 3 heterocycles. The van der Waals surface area contributed by atoms with Gasteiger partial charge in [-0.25, -0.2) is 19.7 Å². The van der Waals surface area contributed by atoms with Crippen LogP contribution in [0, 0.1) is 0 Å². The summed E-state index contributed by atoms with van der Waals surface area (Å²) in [6.07, 6.45) is 8.23. The molecule has 0 aromatic carbocycles. The normalized spacial score (nSPS) is 14.3. The number of carbonyl (C=O) groups is 1. The fourth-order valence-corrected chi connectivity index (χ4v) is 2.85. The lowest BCUT2D eigenvalue weighted by Gasteiger charge is -2.18. The molecule has 0 aliphatic heterocycles. The lowest BCUT2D eigenvalue weighted by atomic mass is 10.2. The van der Waals surface area contributed by atoms with E-state index in [2.05, 4.69) is 26.1 Å². The summed E-state index contributed by atoms with van der Waals surface area (Å²) in [4.78, 5) is 29.0. The maximum atomic E-state index is 12.2. The first-order valence-corrected chi connectivity index (χ1v) is 9.39. The molecule has 0 radical (unpaired) electrons. The van der Waals surface area contributed by atoms with Crippen LogP contribution in [0.3, 0.4) is 0 Å². The van der Waals surface area contributed by atoms with Crippen molar-refractivity contribution in [3.05, 3.63) is 46.9 Å². The smallest absolute Gasteiger partial charge is 0.377 e. The number of hydrogen-bond donors (Lipinski definition) is 0. The molecule has 28 heavy (non-hydrogen) atoms. The second kappa shape index (κ2) is 7.01. The summed E-state index contributed by atoms with van der Waals surface area (Å²) < 4.78 is 12.8. The van der Waals surface area contributed by atoms with Crippen LogP contribution >= 0.6 is 11.6 Å². The third-order valence-corrected chi connectivity index (χ3v) is 4.24. The van der Waals surface area contributed by atoms with E-state index in [1.807, 2.05) is 16.8 Å². The molecule has 4 rings (SSSR count). The number of hydrogen-bond acceptors (Lipinski definition) is 7. The average Bonchev–Trinajstić information content (AvgIpc) is 3.37. The van der Waals surface area contributed by atoms with Crippen molar-refractivity contribution >= 4 is 23.3 Å². The van der Waals surface area contributed by atoms with Gasteiger partial charge in [-0.2, -0.15) is 4.98 Å². The van der Waals surface area contributed by atoms with Crippen LogP contribution in [0.15, 0.2) is 24.7 Å². The molecule has 1 fully saturated rings. The molecule has 9 heteroatoms. The zero-order valence-corrected chi connectivity index (χ0v) is 16.6. The van der Waals surface area contributed by atoms with Crippen molar-refractivity contribution in [1.82, 2.24) is 24.3 Å². The molecule has 1 aliphatic carbocycles. The fraction of sp³-hybridized carbons (Fsp3) is 0.421. The summed E-state index contributed by atoms with van der Waals surface area (Å²) in [5.41, 5.74) is 1.25. The van der Waals surface area contributed by atoms with E-state index in [4.69, 9.17) is 21.1 Å². The monoisotopic (exact) mass is 401 g/mol. The summed E-state index contributed by atoms with van der Waals surface area (Å²) in [6, 6.07) is 1.44. The zero-order valence-electron chi connectivity index (χ0n) is 15.8. The van der Waals surface area contributed by atoms with Gasteiger partial charge in [0.2, 0.25) is 17.5 Å². The number of halogens is 1. The van der Waals surface area contributed by atoms with Gasteiger partial charge in [0.25, 0.3) is 0 Å². The molecule has 0 N–H and O–H groups in total. The van der Waals surface area contributed by atoms with Crippen LogP contribution in [0.25, 0.3) is 5.78 Å². The van der Waals surface area contributed by atoms with Crippen LogP contribution in [0.4, 0.5) is 0 Å². The maximum absolute atomic E-state index is 12.2. The molecule has 3 aromatic heterocycles. The second-order valence-corrected chi connectivity index (χ2v) is 8.13. The molecule has 146 valence electrons. The first kappa shape index (κ1) is 18.6. The molecule has 1 aliphatic rings. The number of fused-ring (bicyclic) bond motifs is 1. The van der Waals surface area contributed by atoms with Crippen molar-refractivity contribution in [3.63, 3.8) is 0 Å². The number of carbonyl (C=O) groups excluding carboxylic acids is 1. The second-order valence-electron chi connectivity index (χ2n) is 7.74. The summed E-state index contributed by atoms with van der Waals surface area (Å²) in [5.74, 6) is 0.587. The van der Waals surface area contributed by atoms with E-state index < -0.39 is 11.6 Å². The molecule has 8 nitrogen and oxygen atoms in total. The predicted molar refractivity (Wildman–Crippen MR) is 102 cm³/mol. The minimum absolute atomic E-state index is 0.0941. The Labute approximate surface area is 166 Å². The van der Waals surface area contributed by atoms with E-state index in [1.54, 1.807) is 20.8 Å². The highest BCUT2D eigenvalue weighted by Gasteiger charge is 2.24. The van der Waals surface area contributed by atoms with Crippen LogP contribution < -0.4 is 4.74 Å². The molecule has 0 atom stereocenters. The van der Waals surface area contributed by atoms with Crippen molar-refractivity contribution in [1.29, 1.82) is 0 Å². The van der Waals surface area contributed by atoms with Gasteiger partial charge in [-0.05, 0) is 45.1 Å². The largest absolute Gasteiger partial charge is 0.471 e. The van der Waals surface area contributed by atoms with Crippen LogP contribution in [0.2, 0.25) is 5.15 Å². The van der Waals surface area contributed by atoms with Gasteiger partial charge in [0, 0.05) is 24.7 Å². The van der Waals surface area contributed by atoms with E-state index in [-0.39, 0.29) is 23.5 Å². The van der Waals surface area contributed by atoms with Gasteiger partial charge in [0.1, 0.15) is 17.4 Å². The minimum Gasteiger partial charge on any atom is -0.471 e. The SMILES string of the molecule is CC(C)(C)OC(=O)c1nc(Cl)cc(OCc2cn3cc(C4CC4)cnc3n2)n1. The molecule has 0 bridgehead atoms. The lowest BCUT2D eigenvalue weighted by molar-refractivity contribution is 0.00542. The van der Waals surface area contributed by atoms with Crippen LogP contribution in [-0.2, 0) is 11.3 Å². The van der Waals surface area contributed by atoms with E-state index in [9.17, 15) is 4.79 Å². The summed E-state index contributed by atoms with van der Waals surface area (Å²) >= 11 is 6.00. The predicted octanol–water partition coefficient (Wildman–Crippen LogP) is 3.58.